The van der Waals surface area contributed by atoms with Gasteiger partial charge in [0.15, 0.2) is 11.5 Å². The summed E-state index contributed by atoms with van der Waals surface area (Å²) in [5, 5.41) is 19.3. The summed E-state index contributed by atoms with van der Waals surface area (Å²) in [4.78, 5) is 22.0. The molecule has 102 valence electrons. The molecule has 0 unspecified atom stereocenters. The van der Waals surface area contributed by atoms with Gasteiger partial charge in [0, 0.05) is 5.69 Å². The molecule has 0 saturated carbocycles. The van der Waals surface area contributed by atoms with Crippen molar-refractivity contribution in [3.63, 3.8) is 0 Å². The number of nitrogens with one attached hydrogen (secondary N) is 1. The maximum absolute atomic E-state index is 11.2. The maximum atomic E-state index is 11.2. The van der Waals surface area contributed by atoms with E-state index in [0.29, 0.717) is 11.5 Å². The molecule has 0 bridgehead atoms. The van der Waals surface area contributed by atoms with Crippen LogP contribution in [0.25, 0.3) is 0 Å². The lowest BCUT2D eigenvalue weighted by atomic mass is 10.2. The molecule has 1 heterocycles. The molecular formula is C13H11N3O4. The van der Waals surface area contributed by atoms with E-state index in [-0.39, 0.29) is 11.3 Å². The van der Waals surface area contributed by atoms with Gasteiger partial charge in [0.05, 0.1) is 12.7 Å². The first-order chi connectivity index (χ1) is 9.60. The molecule has 0 aliphatic rings. The summed E-state index contributed by atoms with van der Waals surface area (Å²) >= 11 is 0. The van der Waals surface area contributed by atoms with Crippen molar-refractivity contribution in [1.29, 1.82) is 0 Å². The smallest absolute Gasteiger partial charge is 0.358 e. The molecule has 1 aromatic carbocycles. The number of esters is 1. The SMILES string of the molecule is COC(=O)c1ccc(Nc2cccc(C(=O)O)c2)nn1. The molecule has 1 aromatic heterocycles. The van der Waals surface area contributed by atoms with Gasteiger partial charge >= 0.3 is 11.9 Å². The predicted molar refractivity (Wildman–Crippen MR) is 70.1 cm³/mol. The van der Waals surface area contributed by atoms with Gasteiger partial charge in [-0.25, -0.2) is 9.59 Å². The Morgan fingerprint density at radius 1 is 1.20 bits per heavy atom. The zero-order chi connectivity index (χ0) is 14.5. The van der Waals surface area contributed by atoms with Gasteiger partial charge in [-0.1, -0.05) is 6.07 Å². The molecule has 20 heavy (non-hydrogen) atoms. The Labute approximate surface area is 114 Å². The summed E-state index contributed by atoms with van der Waals surface area (Å²) in [6, 6.07) is 9.27. The molecule has 0 aliphatic heterocycles. The van der Waals surface area contributed by atoms with E-state index < -0.39 is 11.9 Å². The monoisotopic (exact) mass is 273 g/mol. The summed E-state index contributed by atoms with van der Waals surface area (Å²) in [5.41, 5.74) is 0.816. The van der Waals surface area contributed by atoms with Crippen LogP contribution in [0.2, 0.25) is 0 Å². The Morgan fingerprint density at radius 2 is 2.00 bits per heavy atom. The number of carboxylic acids is 1. The van der Waals surface area contributed by atoms with E-state index in [1.54, 1.807) is 18.2 Å². The summed E-state index contributed by atoms with van der Waals surface area (Å²) in [7, 11) is 1.26. The molecule has 0 spiro atoms. The molecule has 0 radical (unpaired) electrons. The molecule has 0 amide bonds. The van der Waals surface area contributed by atoms with Crippen LogP contribution in [0.15, 0.2) is 36.4 Å². The van der Waals surface area contributed by atoms with Crippen LogP contribution >= 0.6 is 0 Å². The first-order valence-electron chi connectivity index (χ1n) is 5.62. The van der Waals surface area contributed by atoms with E-state index in [1.807, 2.05) is 0 Å². The number of aromatic nitrogens is 2. The number of rotatable bonds is 4. The van der Waals surface area contributed by atoms with E-state index in [0.717, 1.165) is 0 Å². The normalized spacial score (nSPS) is 9.85. The first-order valence-corrected chi connectivity index (χ1v) is 5.62. The molecule has 7 nitrogen and oxygen atoms in total. The van der Waals surface area contributed by atoms with Gasteiger partial charge in [-0.15, -0.1) is 10.2 Å². The average molecular weight is 273 g/mol. The second-order valence-corrected chi connectivity index (χ2v) is 3.81. The molecule has 2 aromatic rings. The third-order valence-electron chi connectivity index (χ3n) is 2.44. The fraction of sp³-hybridized carbons (Fsp3) is 0.0769. The number of aromatic carboxylic acids is 1. The molecule has 0 atom stereocenters. The van der Waals surface area contributed by atoms with Gasteiger partial charge in [0.2, 0.25) is 0 Å². The van der Waals surface area contributed by atoms with Crippen LogP contribution < -0.4 is 5.32 Å². The van der Waals surface area contributed by atoms with Crippen molar-refractivity contribution in [3.8, 4) is 0 Å². The topological polar surface area (TPSA) is 101 Å². The van der Waals surface area contributed by atoms with E-state index in [1.165, 1.54) is 25.3 Å². The molecule has 7 heteroatoms. The van der Waals surface area contributed by atoms with Crippen molar-refractivity contribution in [2.24, 2.45) is 0 Å². The summed E-state index contributed by atoms with van der Waals surface area (Å²) in [6.07, 6.45) is 0. The number of methoxy groups -OCH3 is 1. The van der Waals surface area contributed by atoms with E-state index >= 15 is 0 Å². The molecule has 0 aliphatic carbocycles. The van der Waals surface area contributed by atoms with Crippen LogP contribution in [0, 0.1) is 0 Å². The van der Waals surface area contributed by atoms with Gasteiger partial charge in [-0.2, -0.15) is 0 Å². The molecule has 2 N–H and O–H groups in total. The number of carbonyl (C=O) groups excluding carboxylic acids is 1. The maximum Gasteiger partial charge on any atom is 0.358 e. The highest BCUT2D eigenvalue weighted by Gasteiger charge is 2.08. The minimum Gasteiger partial charge on any atom is -0.478 e. The second kappa shape index (κ2) is 5.79. The quantitative estimate of drug-likeness (QED) is 0.817. The Hall–Kier alpha value is -2.96. The van der Waals surface area contributed by atoms with Crippen LogP contribution in [-0.2, 0) is 4.74 Å². The van der Waals surface area contributed by atoms with Crippen molar-refractivity contribution in [3.05, 3.63) is 47.7 Å². The molecular weight excluding hydrogens is 262 g/mol. The third kappa shape index (κ3) is 3.08. The highest BCUT2D eigenvalue weighted by atomic mass is 16.5. The van der Waals surface area contributed by atoms with Crippen molar-refractivity contribution < 1.29 is 19.4 Å². The number of ether oxygens (including phenoxy) is 1. The number of hydrogen-bond acceptors (Lipinski definition) is 6. The van der Waals surface area contributed by atoms with Gasteiger partial charge in [0.1, 0.15) is 0 Å². The number of anilines is 2. The minimum atomic E-state index is -1.01. The van der Waals surface area contributed by atoms with Gasteiger partial charge < -0.3 is 15.2 Å². The number of benzene rings is 1. The standard InChI is InChI=1S/C13H11N3O4/c1-20-13(19)10-5-6-11(16-15-10)14-9-4-2-3-8(7-9)12(17)18/h2-7H,1H3,(H,14,16)(H,17,18). The van der Waals surface area contributed by atoms with Crippen molar-refractivity contribution in [2.45, 2.75) is 0 Å². The lowest BCUT2D eigenvalue weighted by molar-refractivity contribution is 0.0592. The summed E-state index contributed by atoms with van der Waals surface area (Å²) < 4.78 is 4.51. The largest absolute Gasteiger partial charge is 0.478 e. The van der Waals surface area contributed by atoms with Gasteiger partial charge in [-0.05, 0) is 30.3 Å². The Balaban J connectivity index is 2.16. The Bertz CT molecular complexity index is 640. The number of carbonyl (C=O) groups is 2. The van der Waals surface area contributed by atoms with Gasteiger partial charge in [-0.3, -0.25) is 0 Å². The molecule has 2 rings (SSSR count). The third-order valence-corrected chi connectivity index (χ3v) is 2.44. The lowest BCUT2D eigenvalue weighted by Crippen LogP contribution is -2.06. The molecule has 0 saturated heterocycles. The number of hydrogen-bond donors (Lipinski definition) is 2. The Kier molecular flexibility index (Phi) is 3.90. The summed E-state index contributed by atoms with van der Waals surface area (Å²) in [5.74, 6) is -1.20. The number of nitrogens with zero attached hydrogens (tertiary/aromatic N) is 2. The van der Waals surface area contributed by atoms with Crippen molar-refractivity contribution >= 4 is 23.4 Å². The minimum absolute atomic E-state index is 0.0948. The van der Waals surface area contributed by atoms with E-state index in [9.17, 15) is 9.59 Å². The van der Waals surface area contributed by atoms with E-state index in [4.69, 9.17) is 5.11 Å². The highest BCUT2D eigenvalue weighted by molar-refractivity contribution is 5.89. The zero-order valence-corrected chi connectivity index (χ0v) is 10.5. The lowest BCUT2D eigenvalue weighted by Gasteiger charge is -2.06. The fourth-order valence-electron chi connectivity index (χ4n) is 1.49. The number of carboxylic acid groups (broad SMARTS) is 1. The van der Waals surface area contributed by atoms with Crippen LogP contribution in [0.5, 0.6) is 0 Å². The van der Waals surface area contributed by atoms with Crippen molar-refractivity contribution in [1.82, 2.24) is 10.2 Å². The summed E-state index contributed by atoms with van der Waals surface area (Å²) in [6.45, 7) is 0. The van der Waals surface area contributed by atoms with Crippen LogP contribution in [0.4, 0.5) is 11.5 Å². The van der Waals surface area contributed by atoms with E-state index in [2.05, 4.69) is 20.3 Å². The van der Waals surface area contributed by atoms with Crippen LogP contribution in [0.1, 0.15) is 20.8 Å². The molecule has 0 fully saturated rings. The Morgan fingerprint density at radius 3 is 2.60 bits per heavy atom. The zero-order valence-electron chi connectivity index (χ0n) is 10.5. The first kappa shape index (κ1) is 13.5. The second-order valence-electron chi connectivity index (χ2n) is 3.81. The fourth-order valence-corrected chi connectivity index (χ4v) is 1.49. The highest BCUT2D eigenvalue weighted by Crippen LogP contribution is 2.15. The van der Waals surface area contributed by atoms with Crippen LogP contribution in [0.3, 0.4) is 0 Å². The average Bonchev–Trinajstić information content (AvgIpc) is 2.47. The van der Waals surface area contributed by atoms with Gasteiger partial charge in [0.25, 0.3) is 0 Å². The predicted octanol–water partition coefficient (Wildman–Crippen LogP) is 1.70. The van der Waals surface area contributed by atoms with Crippen molar-refractivity contribution in [2.75, 3.05) is 12.4 Å². The van der Waals surface area contributed by atoms with Crippen LogP contribution in [-0.4, -0.2) is 34.4 Å².